The zero-order chi connectivity index (χ0) is 14.7. The summed E-state index contributed by atoms with van der Waals surface area (Å²) >= 11 is 0. The van der Waals surface area contributed by atoms with Crippen LogP contribution in [0.1, 0.15) is 55.5 Å². The van der Waals surface area contributed by atoms with Crippen LogP contribution >= 0.6 is 0 Å². The molecule has 1 aromatic carbocycles. The van der Waals surface area contributed by atoms with E-state index in [9.17, 15) is 0 Å². The second-order valence-corrected chi connectivity index (χ2v) is 6.87. The number of nitrogens with zero attached hydrogens (tertiary/aromatic N) is 1. The molecule has 0 aromatic heterocycles. The van der Waals surface area contributed by atoms with Crippen molar-refractivity contribution in [3.8, 4) is 5.75 Å². The van der Waals surface area contributed by atoms with E-state index in [1.54, 1.807) is 0 Å². The smallest absolute Gasteiger partial charge is 0.158 e. The van der Waals surface area contributed by atoms with Crippen LogP contribution in [0.5, 0.6) is 5.75 Å². The van der Waals surface area contributed by atoms with E-state index in [1.807, 2.05) is 0 Å². The topological polar surface area (TPSA) is 12.5 Å². The van der Waals surface area contributed by atoms with E-state index in [1.165, 1.54) is 27.8 Å². The lowest BCUT2D eigenvalue weighted by atomic mass is 9.80. The SMILES string of the molecule is Cc1c(C)c(C)c2c(c1C)OC(C)(C)N(C)C2(C)C. The average molecular weight is 261 g/mol. The highest BCUT2D eigenvalue weighted by Crippen LogP contribution is 2.48. The lowest BCUT2D eigenvalue weighted by Gasteiger charge is -2.52. The van der Waals surface area contributed by atoms with Crippen LogP contribution in [-0.2, 0) is 5.54 Å². The molecule has 0 spiro atoms. The number of benzene rings is 1. The van der Waals surface area contributed by atoms with Gasteiger partial charge in [-0.1, -0.05) is 0 Å². The molecular weight excluding hydrogens is 234 g/mol. The molecule has 0 bridgehead atoms. The number of ether oxygens (including phenoxy) is 1. The third kappa shape index (κ3) is 1.80. The Hall–Kier alpha value is -1.02. The zero-order valence-corrected chi connectivity index (χ0v) is 13.9. The first kappa shape index (κ1) is 14.4. The lowest BCUT2D eigenvalue weighted by molar-refractivity contribution is -0.115. The molecule has 0 amide bonds. The van der Waals surface area contributed by atoms with E-state index >= 15 is 0 Å². The first-order valence-corrected chi connectivity index (χ1v) is 7.05. The van der Waals surface area contributed by atoms with Crippen molar-refractivity contribution in [3.63, 3.8) is 0 Å². The molecule has 0 saturated carbocycles. The summed E-state index contributed by atoms with van der Waals surface area (Å²) < 4.78 is 6.34. The third-order valence-electron chi connectivity index (χ3n) is 5.24. The molecule has 0 fully saturated rings. The van der Waals surface area contributed by atoms with Crippen molar-refractivity contribution in [2.24, 2.45) is 0 Å². The molecule has 2 heteroatoms. The van der Waals surface area contributed by atoms with Crippen molar-refractivity contribution < 1.29 is 4.74 Å². The first-order valence-electron chi connectivity index (χ1n) is 7.05. The van der Waals surface area contributed by atoms with Crippen molar-refractivity contribution in [1.29, 1.82) is 0 Å². The van der Waals surface area contributed by atoms with Gasteiger partial charge in [0.2, 0.25) is 0 Å². The number of rotatable bonds is 0. The second-order valence-electron chi connectivity index (χ2n) is 6.87. The molecule has 0 N–H and O–H groups in total. The van der Waals surface area contributed by atoms with Crippen LogP contribution in [-0.4, -0.2) is 17.7 Å². The fraction of sp³-hybridized carbons (Fsp3) is 0.647. The highest BCUT2D eigenvalue weighted by atomic mass is 16.5. The standard InChI is InChI=1S/C17H27NO/c1-10-11(2)13(4)15-14(12(10)3)16(5,6)18(9)17(7,8)19-15/h1-9H3. The van der Waals surface area contributed by atoms with Crippen LogP contribution in [0.4, 0.5) is 0 Å². The van der Waals surface area contributed by atoms with Crippen LogP contribution in [0.3, 0.4) is 0 Å². The molecule has 0 saturated heterocycles. The Bertz CT molecular complexity index is 541. The van der Waals surface area contributed by atoms with E-state index in [-0.39, 0.29) is 11.3 Å². The van der Waals surface area contributed by atoms with Crippen LogP contribution in [0.25, 0.3) is 0 Å². The highest BCUT2D eigenvalue weighted by molar-refractivity contribution is 5.57. The Labute approximate surface area is 117 Å². The van der Waals surface area contributed by atoms with Crippen LogP contribution < -0.4 is 4.74 Å². The summed E-state index contributed by atoms with van der Waals surface area (Å²) in [6.07, 6.45) is 0. The van der Waals surface area contributed by atoms with E-state index < -0.39 is 0 Å². The molecule has 0 radical (unpaired) electrons. The maximum absolute atomic E-state index is 6.34. The maximum Gasteiger partial charge on any atom is 0.158 e. The van der Waals surface area contributed by atoms with E-state index in [4.69, 9.17) is 4.74 Å². The van der Waals surface area contributed by atoms with Crippen LogP contribution in [0.2, 0.25) is 0 Å². The molecular formula is C17H27NO. The molecule has 106 valence electrons. The molecule has 19 heavy (non-hydrogen) atoms. The molecule has 1 aromatic rings. The van der Waals surface area contributed by atoms with Crippen LogP contribution in [0, 0.1) is 27.7 Å². The van der Waals surface area contributed by atoms with Crippen molar-refractivity contribution in [1.82, 2.24) is 4.90 Å². The monoisotopic (exact) mass is 261 g/mol. The minimum Gasteiger partial charge on any atom is -0.472 e. The maximum atomic E-state index is 6.34. The van der Waals surface area contributed by atoms with Gasteiger partial charge in [0.1, 0.15) is 5.75 Å². The predicted molar refractivity (Wildman–Crippen MR) is 80.9 cm³/mol. The van der Waals surface area contributed by atoms with Gasteiger partial charge in [0.25, 0.3) is 0 Å². The fourth-order valence-electron chi connectivity index (χ4n) is 3.30. The molecule has 0 aliphatic carbocycles. The van der Waals surface area contributed by atoms with Gasteiger partial charge in [-0.3, -0.25) is 4.90 Å². The Morgan fingerprint density at radius 3 is 1.79 bits per heavy atom. The van der Waals surface area contributed by atoms with Gasteiger partial charge in [0, 0.05) is 11.1 Å². The van der Waals surface area contributed by atoms with Gasteiger partial charge in [-0.25, -0.2) is 0 Å². The Morgan fingerprint density at radius 2 is 1.26 bits per heavy atom. The minimum atomic E-state index is -0.282. The summed E-state index contributed by atoms with van der Waals surface area (Å²) in [6, 6.07) is 0. The first-order chi connectivity index (χ1) is 8.51. The van der Waals surface area contributed by atoms with Gasteiger partial charge in [0.05, 0.1) is 0 Å². The lowest BCUT2D eigenvalue weighted by Crippen LogP contribution is -2.58. The fourth-order valence-corrected chi connectivity index (χ4v) is 3.30. The minimum absolute atomic E-state index is 0.0234. The molecule has 1 aliphatic heterocycles. The summed E-state index contributed by atoms with van der Waals surface area (Å²) in [4.78, 5) is 2.32. The van der Waals surface area contributed by atoms with Crippen molar-refractivity contribution >= 4 is 0 Å². The second kappa shape index (κ2) is 3.99. The summed E-state index contributed by atoms with van der Waals surface area (Å²) in [5.74, 6) is 1.09. The summed E-state index contributed by atoms with van der Waals surface area (Å²) in [5, 5.41) is 0. The van der Waals surface area contributed by atoms with Gasteiger partial charge in [-0.2, -0.15) is 0 Å². The van der Waals surface area contributed by atoms with Gasteiger partial charge in [0.15, 0.2) is 5.72 Å². The van der Waals surface area contributed by atoms with Gasteiger partial charge in [-0.15, -0.1) is 0 Å². The zero-order valence-electron chi connectivity index (χ0n) is 13.9. The number of hydrogen-bond donors (Lipinski definition) is 0. The molecule has 2 rings (SSSR count). The third-order valence-corrected chi connectivity index (χ3v) is 5.24. The van der Waals surface area contributed by atoms with E-state index in [0.717, 1.165) is 5.75 Å². The van der Waals surface area contributed by atoms with E-state index in [2.05, 4.69) is 67.3 Å². The Kier molecular flexibility index (Phi) is 3.02. The van der Waals surface area contributed by atoms with Crippen molar-refractivity contribution in [2.75, 3.05) is 7.05 Å². The number of fused-ring (bicyclic) bond motifs is 1. The quantitative estimate of drug-likeness (QED) is 0.693. The largest absolute Gasteiger partial charge is 0.472 e. The molecule has 2 nitrogen and oxygen atoms in total. The van der Waals surface area contributed by atoms with Crippen molar-refractivity contribution in [2.45, 2.75) is 66.7 Å². The average Bonchev–Trinajstić information content (AvgIpc) is 2.30. The molecule has 1 aliphatic rings. The molecule has 0 unspecified atom stereocenters. The normalized spacial score (nSPS) is 20.9. The molecule has 1 heterocycles. The van der Waals surface area contributed by atoms with Gasteiger partial charge in [-0.05, 0) is 84.7 Å². The van der Waals surface area contributed by atoms with Crippen LogP contribution in [0.15, 0.2) is 0 Å². The Morgan fingerprint density at radius 1 is 0.789 bits per heavy atom. The van der Waals surface area contributed by atoms with E-state index in [0.29, 0.717) is 0 Å². The highest BCUT2D eigenvalue weighted by Gasteiger charge is 2.45. The predicted octanol–water partition coefficient (Wildman–Crippen LogP) is 4.22. The van der Waals surface area contributed by atoms with Gasteiger partial charge >= 0.3 is 0 Å². The van der Waals surface area contributed by atoms with Gasteiger partial charge < -0.3 is 4.74 Å². The van der Waals surface area contributed by atoms with Crippen molar-refractivity contribution in [3.05, 3.63) is 27.8 Å². The Balaban J connectivity index is 2.86. The summed E-state index contributed by atoms with van der Waals surface area (Å²) in [5.41, 5.74) is 6.43. The number of hydrogen-bond acceptors (Lipinski definition) is 2. The molecule has 0 atom stereocenters. The summed E-state index contributed by atoms with van der Waals surface area (Å²) in [7, 11) is 2.15. The summed E-state index contributed by atoms with van der Waals surface area (Å²) in [6.45, 7) is 17.7.